The van der Waals surface area contributed by atoms with Crippen LogP contribution in [0, 0.1) is 0 Å². The van der Waals surface area contributed by atoms with Crippen LogP contribution in [0.5, 0.6) is 0 Å². The van der Waals surface area contributed by atoms with Crippen LogP contribution in [-0.4, -0.2) is 32.3 Å². The van der Waals surface area contributed by atoms with Gasteiger partial charge in [-0.15, -0.1) is 10.2 Å². The second kappa shape index (κ2) is 9.86. The number of nitrogens with zero attached hydrogens (tertiary/aromatic N) is 3. The van der Waals surface area contributed by atoms with Crippen LogP contribution in [0.15, 0.2) is 53.7 Å². The molecule has 168 valence electrons. The van der Waals surface area contributed by atoms with Crippen molar-refractivity contribution in [2.45, 2.75) is 31.7 Å². The smallest absolute Gasteiger partial charge is 0.326 e. The Bertz CT molecular complexity index is 1110. The van der Waals surface area contributed by atoms with Crippen molar-refractivity contribution in [3.05, 3.63) is 54.1 Å². The average molecular weight is 463 g/mol. The van der Waals surface area contributed by atoms with Crippen LogP contribution in [0.4, 0.5) is 24.5 Å². The van der Waals surface area contributed by atoms with Crippen LogP contribution < -0.4 is 10.6 Å². The highest BCUT2D eigenvalue weighted by Crippen LogP contribution is 2.34. The number of rotatable bonds is 7. The van der Waals surface area contributed by atoms with Gasteiger partial charge in [0.2, 0.25) is 11.8 Å². The maximum Gasteiger partial charge on any atom is 0.418 e. The van der Waals surface area contributed by atoms with Crippen molar-refractivity contribution in [1.82, 2.24) is 14.8 Å². The molecule has 0 atom stereocenters. The third kappa shape index (κ3) is 5.67. The summed E-state index contributed by atoms with van der Waals surface area (Å²) < 4.78 is 41.1. The molecule has 1 heterocycles. The molecule has 7 nitrogen and oxygen atoms in total. The molecule has 2 amide bonds. The Morgan fingerprint density at radius 1 is 1.03 bits per heavy atom. The van der Waals surface area contributed by atoms with Crippen LogP contribution in [0.3, 0.4) is 0 Å². The number of hydrogen-bond donors (Lipinski definition) is 2. The third-order valence-corrected chi connectivity index (χ3v) is 5.30. The highest BCUT2D eigenvalue weighted by Gasteiger charge is 2.33. The topological polar surface area (TPSA) is 88.9 Å². The summed E-state index contributed by atoms with van der Waals surface area (Å²) in [6.45, 7) is 3.84. The number of nitrogens with one attached hydrogen (secondary N) is 2. The average Bonchev–Trinajstić information content (AvgIpc) is 3.15. The van der Waals surface area contributed by atoms with Gasteiger partial charge >= 0.3 is 6.18 Å². The summed E-state index contributed by atoms with van der Waals surface area (Å²) in [6, 6.07) is 11.9. The molecule has 11 heteroatoms. The fraction of sp³-hybridized carbons (Fsp3) is 0.238. The minimum absolute atomic E-state index is 0.133. The number of amides is 2. The number of halogens is 3. The van der Waals surface area contributed by atoms with Crippen molar-refractivity contribution in [1.29, 1.82) is 0 Å². The number of carbonyl (C=O) groups is 2. The van der Waals surface area contributed by atoms with Gasteiger partial charge in [0.05, 0.1) is 17.0 Å². The van der Waals surface area contributed by atoms with E-state index in [4.69, 9.17) is 0 Å². The zero-order chi connectivity index (χ0) is 23.3. The Morgan fingerprint density at radius 3 is 2.34 bits per heavy atom. The Labute approximate surface area is 186 Å². The van der Waals surface area contributed by atoms with E-state index in [-0.39, 0.29) is 17.3 Å². The fourth-order valence-corrected chi connectivity index (χ4v) is 3.76. The van der Waals surface area contributed by atoms with Gasteiger partial charge in [0, 0.05) is 24.7 Å². The lowest BCUT2D eigenvalue weighted by molar-refractivity contribution is -0.137. The van der Waals surface area contributed by atoms with Crippen LogP contribution in [0.25, 0.3) is 11.4 Å². The van der Waals surface area contributed by atoms with Gasteiger partial charge in [-0.05, 0) is 43.3 Å². The van der Waals surface area contributed by atoms with Crippen LogP contribution in [-0.2, 0) is 22.3 Å². The molecule has 3 rings (SSSR count). The minimum atomic E-state index is -4.57. The van der Waals surface area contributed by atoms with Gasteiger partial charge in [-0.25, -0.2) is 0 Å². The maximum atomic E-state index is 13.1. The summed E-state index contributed by atoms with van der Waals surface area (Å²) in [5.74, 6) is -0.318. The molecule has 0 bridgehead atoms. The molecular weight excluding hydrogens is 443 g/mol. The lowest BCUT2D eigenvalue weighted by atomic mass is 10.1. The van der Waals surface area contributed by atoms with E-state index in [0.717, 1.165) is 23.4 Å². The number of alkyl halides is 3. The van der Waals surface area contributed by atoms with E-state index in [1.165, 1.54) is 25.1 Å². The number of aromatic nitrogens is 3. The van der Waals surface area contributed by atoms with Crippen molar-refractivity contribution >= 4 is 35.0 Å². The van der Waals surface area contributed by atoms with E-state index in [2.05, 4.69) is 20.8 Å². The highest BCUT2D eigenvalue weighted by atomic mass is 32.2. The number of thioether (sulfide) groups is 1. The van der Waals surface area contributed by atoms with Gasteiger partial charge in [0.15, 0.2) is 11.0 Å². The molecule has 0 unspecified atom stereocenters. The van der Waals surface area contributed by atoms with Gasteiger partial charge in [0.25, 0.3) is 0 Å². The van der Waals surface area contributed by atoms with Crippen molar-refractivity contribution in [2.24, 2.45) is 0 Å². The van der Waals surface area contributed by atoms with Crippen molar-refractivity contribution in [3.8, 4) is 11.4 Å². The Morgan fingerprint density at radius 2 is 1.72 bits per heavy atom. The molecule has 0 radical (unpaired) electrons. The van der Waals surface area contributed by atoms with E-state index in [1.807, 2.05) is 6.92 Å². The van der Waals surface area contributed by atoms with Crippen molar-refractivity contribution < 1.29 is 22.8 Å². The predicted octanol–water partition coefficient (Wildman–Crippen LogP) is 4.67. The van der Waals surface area contributed by atoms with E-state index in [9.17, 15) is 22.8 Å². The van der Waals surface area contributed by atoms with Crippen LogP contribution >= 0.6 is 11.8 Å². The zero-order valence-electron chi connectivity index (χ0n) is 17.2. The molecule has 0 spiro atoms. The van der Waals surface area contributed by atoms with Gasteiger partial charge in [-0.1, -0.05) is 23.9 Å². The van der Waals surface area contributed by atoms with E-state index < -0.39 is 17.6 Å². The third-order valence-electron chi connectivity index (χ3n) is 4.34. The molecule has 3 aromatic rings. The molecular formula is C21H20F3N5O2S. The number of anilines is 2. The molecule has 1 aromatic heterocycles. The lowest BCUT2D eigenvalue weighted by Gasteiger charge is -2.13. The zero-order valence-corrected chi connectivity index (χ0v) is 18.0. The second-order valence-electron chi connectivity index (χ2n) is 6.69. The first kappa shape index (κ1) is 23.3. The fourth-order valence-electron chi connectivity index (χ4n) is 2.96. The molecule has 2 aromatic carbocycles. The summed E-state index contributed by atoms with van der Waals surface area (Å²) in [5.41, 5.74) is 0.223. The quantitative estimate of drug-likeness (QED) is 0.497. The molecule has 0 aliphatic carbocycles. The van der Waals surface area contributed by atoms with Crippen LogP contribution in [0.2, 0.25) is 0 Å². The van der Waals surface area contributed by atoms with E-state index in [0.29, 0.717) is 23.2 Å². The number of para-hydroxylation sites is 1. The standard InChI is InChI=1S/C21H20F3N5O2S/c1-3-29-19(14-8-10-15(11-9-14)25-13(2)30)27-28-20(29)32-12-18(31)26-17-7-5-4-6-16(17)21(22,23)24/h4-11H,3,12H2,1-2H3,(H,25,30)(H,26,31). The predicted molar refractivity (Wildman–Crippen MR) is 116 cm³/mol. The van der Waals surface area contributed by atoms with Gasteiger partial charge in [0.1, 0.15) is 0 Å². The van der Waals surface area contributed by atoms with Gasteiger partial charge in [-0.2, -0.15) is 13.2 Å². The molecule has 0 aliphatic heterocycles. The van der Waals surface area contributed by atoms with Crippen LogP contribution in [0.1, 0.15) is 19.4 Å². The summed E-state index contributed by atoms with van der Waals surface area (Å²) in [7, 11) is 0. The Balaban J connectivity index is 1.70. The number of carbonyl (C=O) groups excluding carboxylic acids is 2. The first-order valence-corrected chi connectivity index (χ1v) is 10.6. The maximum absolute atomic E-state index is 13.1. The Kier molecular flexibility index (Phi) is 7.18. The summed E-state index contributed by atoms with van der Waals surface area (Å²) >= 11 is 1.08. The number of benzene rings is 2. The van der Waals surface area contributed by atoms with Crippen molar-refractivity contribution in [2.75, 3.05) is 16.4 Å². The lowest BCUT2D eigenvalue weighted by Crippen LogP contribution is -2.18. The molecule has 0 fully saturated rings. The van der Waals surface area contributed by atoms with E-state index in [1.54, 1.807) is 28.8 Å². The van der Waals surface area contributed by atoms with Gasteiger partial charge < -0.3 is 15.2 Å². The highest BCUT2D eigenvalue weighted by molar-refractivity contribution is 7.99. The molecule has 2 N–H and O–H groups in total. The monoisotopic (exact) mass is 463 g/mol. The first-order chi connectivity index (χ1) is 15.2. The molecule has 0 aliphatic rings. The summed E-state index contributed by atoms with van der Waals surface area (Å²) in [6.07, 6.45) is -4.57. The Hall–Kier alpha value is -3.34. The first-order valence-electron chi connectivity index (χ1n) is 9.59. The van der Waals surface area contributed by atoms with Crippen molar-refractivity contribution in [3.63, 3.8) is 0 Å². The summed E-state index contributed by atoms with van der Waals surface area (Å²) in [4.78, 5) is 23.4. The summed E-state index contributed by atoms with van der Waals surface area (Å²) in [5, 5.41) is 13.8. The minimum Gasteiger partial charge on any atom is -0.326 e. The van der Waals surface area contributed by atoms with E-state index >= 15 is 0 Å². The van der Waals surface area contributed by atoms with Gasteiger partial charge in [-0.3, -0.25) is 9.59 Å². The normalized spacial score (nSPS) is 11.3. The second-order valence-corrected chi connectivity index (χ2v) is 7.63. The SMILES string of the molecule is CCn1c(SCC(=O)Nc2ccccc2C(F)(F)F)nnc1-c1ccc(NC(C)=O)cc1. The number of hydrogen-bond acceptors (Lipinski definition) is 5. The molecule has 0 saturated heterocycles. The largest absolute Gasteiger partial charge is 0.418 e. The molecule has 32 heavy (non-hydrogen) atoms. The molecule has 0 saturated carbocycles.